The summed E-state index contributed by atoms with van der Waals surface area (Å²) in [7, 11) is 0. The first-order chi connectivity index (χ1) is 11.8. The van der Waals surface area contributed by atoms with Gasteiger partial charge in [-0.2, -0.15) is 0 Å². The van der Waals surface area contributed by atoms with Crippen LogP contribution in [0.15, 0.2) is 30.3 Å². The summed E-state index contributed by atoms with van der Waals surface area (Å²) in [5.74, 6) is 1.47. The molecule has 3 fully saturated rings. The summed E-state index contributed by atoms with van der Waals surface area (Å²) in [6.45, 7) is 2.27. The van der Waals surface area contributed by atoms with Gasteiger partial charge in [-0.15, -0.1) is 0 Å². The van der Waals surface area contributed by atoms with E-state index >= 15 is 0 Å². The van der Waals surface area contributed by atoms with E-state index < -0.39 is 0 Å². The first kappa shape index (κ1) is 15.9. The van der Waals surface area contributed by atoms with Crippen molar-refractivity contribution in [2.75, 3.05) is 26.4 Å². The molecule has 1 saturated carbocycles. The highest BCUT2D eigenvalue weighted by atomic mass is 16.5. The molecule has 0 bridgehead atoms. The second kappa shape index (κ2) is 7.11. The number of nitrogens with zero attached hydrogens (tertiary/aromatic N) is 1. The Morgan fingerprint density at radius 2 is 2.04 bits per heavy atom. The van der Waals surface area contributed by atoms with Gasteiger partial charge in [0.25, 0.3) is 5.91 Å². The van der Waals surface area contributed by atoms with Gasteiger partial charge in [-0.1, -0.05) is 18.2 Å². The molecule has 4 rings (SSSR count). The fourth-order valence-electron chi connectivity index (χ4n) is 3.63. The fraction of sp³-hybridized carbons (Fsp3) is 0.632. The zero-order valence-corrected chi connectivity index (χ0v) is 13.9. The van der Waals surface area contributed by atoms with Crippen molar-refractivity contribution in [2.45, 2.75) is 43.9 Å². The Morgan fingerprint density at radius 1 is 1.21 bits per heavy atom. The van der Waals surface area contributed by atoms with Gasteiger partial charge in [-0.25, -0.2) is 0 Å². The zero-order valence-electron chi connectivity index (χ0n) is 13.9. The molecule has 2 aliphatic heterocycles. The summed E-state index contributed by atoms with van der Waals surface area (Å²) in [6, 6.07) is 9.61. The lowest BCUT2D eigenvalue weighted by atomic mass is 10.0. The standard InChI is InChI=1S/C19H25NO4/c21-18(13-23-15-5-2-1-3-6-15)20-11-17(24-12-14-8-9-14)19-16(20)7-4-10-22-19/h1-3,5-6,14,16-17,19H,4,7-13H2/t16-,17+,19+/m0/s1. The van der Waals surface area contributed by atoms with Crippen LogP contribution in [-0.2, 0) is 14.3 Å². The van der Waals surface area contributed by atoms with Crippen molar-refractivity contribution in [1.29, 1.82) is 0 Å². The molecule has 5 heteroatoms. The van der Waals surface area contributed by atoms with Crippen LogP contribution in [0.1, 0.15) is 25.7 Å². The van der Waals surface area contributed by atoms with Crippen LogP contribution >= 0.6 is 0 Å². The molecule has 0 aromatic heterocycles. The van der Waals surface area contributed by atoms with E-state index in [1.165, 1.54) is 12.8 Å². The molecule has 0 spiro atoms. The minimum atomic E-state index is 0.0107. The Kier molecular flexibility index (Phi) is 4.72. The monoisotopic (exact) mass is 331 g/mol. The molecule has 3 aliphatic rings. The second-order valence-corrected chi connectivity index (χ2v) is 7.01. The van der Waals surface area contributed by atoms with E-state index in [1.54, 1.807) is 0 Å². The van der Waals surface area contributed by atoms with Gasteiger partial charge in [0.2, 0.25) is 0 Å². The molecular formula is C19H25NO4. The predicted octanol–water partition coefficient (Wildman–Crippen LogP) is 2.25. The first-order valence-electron chi connectivity index (χ1n) is 9.02. The maximum absolute atomic E-state index is 12.7. The van der Waals surface area contributed by atoms with E-state index in [1.807, 2.05) is 35.2 Å². The molecule has 0 N–H and O–H groups in total. The van der Waals surface area contributed by atoms with Gasteiger partial charge in [0, 0.05) is 13.2 Å². The summed E-state index contributed by atoms with van der Waals surface area (Å²) in [4.78, 5) is 14.6. The maximum Gasteiger partial charge on any atom is 0.260 e. The number of likely N-dealkylation sites (tertiary alicyclic amines) is 1. The SMILES string of the molecule is O=C(COc1ccccc1)N1C[C@@H](OCC2CC2)[C@@H]2OCCC[C@@H]21. The third kappa shape index (κ3) is 3.57. The maximum atomic E-state index is 12.7. The first-order valence-corrected chi connectivity index (χ1v) is 9.02. The minimum Gasteiger partial charge on any atom is -0.484 e. The summed E-state index contributed by atoms with van der Waals surface area (Å²) in [5.41, 5.74) is 0. The van der Waals surface area contributed by atoms with E-state index in [2.05, 4.69) is 0 Å². The van der Waals surface area contributed by atoms with Crippen molar-refractivity contribution in [2.24, 2.45) is 5.92 Å². The summed E-state index contributed by atoms with van der Waals surface area (Å²) >= 11 is 0. The molecule has 1 aromatic rings. The number of benzene rings is 1. The third-order valence-electron chi connectivity index (χ3n) is 5.15. The summed E-state index contributed by atoms with van der Waals surface area (Å²) in [5, 5.41) is 0. The molecule has 3 atom stereocenters. The summed E-state index contributed by atoms with van der Waals surface area (Å²) < 4.78 is 17.7. The molecular weight excluding hydrogens is 306 g/mol. The number of hydrogen-bond donors (Lipinski definition) is 0. The average molecular weight is 331 g/mol. The number of carbonyl (C=O) groups is 1. The van der Waals surface area contributed by atoms with E-state index in [9.17, 15) is 4.79 Å². The van der Waals surface area contributed by atoms with Crippen LogP contribution in [0.25, 0.3) is 0 Å². The molecule has 130 valence electrons. The van der Waals surface area contributed by atoms with Gasteiger partial charge in [-0.05, 0) is 43.7 Å². The normalized spacial score (nSPS) is 29.3. The van der Waals surface area contributed by atoms with Crippen molar-refractivity contribution in [3.8, 4) is 5.75 Å². The average Bonchev–Trinajstić information content (AvgIpc) is 3.39. The van der Waals surface area contributed by atoms with E-state index in [-0.39, 0.29) is 30.8 Å². The number of amides is 1. The highest BCUT2D eigenvalue weighted by Gasteiger charge is 2.47. The Balaban J connectivity index is 1.36. The highest BCUT2D eigenvalue weighted by molar-refractivity contribution is 5.78. The van der Waals surface area contributed by atoms with Crippen LogP contribution in [0.4, 0.5) is 0 Å². The topological polar surface area (TPSA) is 48.0 Å². The third-order valence-corrected chi connectivity index (χ3v) is 5.15. The van der Waals surface area contributed by atoms with Crippen LogP contribution < -0.4 is 4.74 Å². The van der Waals surface area contributed by atoms with Crippen molar-refractivity contribution in [3.63, 3.8) is 0 Å². The van der Waals surface area contributed by atoms with Gasteiger partial charge in [0.05, 0.1) is 12.6 Å². The molecule has 1 amide bonds. The van der Waals surface area contributed by atoms with E-state index in [0.29, 0.717) is 6.54 Å². The molecule has 1 aliphatic carbocycles. The van der Waals surface area contributed by atoms with Crippen LogP contribution in [0.3, 0.4) is 0 Å². The quantitative estimate of drug-likeness (QED) is 0.802. The van der Waals surface area contributed by atoms with Gasteiger partial charge < -0.3 is 19.1 Å². The number of hydrogen-bond acceptors (Lipinski definition) is 4. The molecule has 24 heavy (non-hydrogen) atoms. The molecule has 1 aromatic carbocycles. The second-order valence-electron chi connectivity index (χ2n) is 7.01. The number of ether oxygens (including phenoxy) is 3. The lowest BCUT2D eigenvalue weighted by Crippen LogP contribution is -2.45. The van der Waals surface area contributed by atoms with Gasteiger partial charge in [0.1, 0.15) is 18.0 Å². The van der Waals surface area contributed by atoms with Crippen molar-refractivity contribution in [3.05, 3.63) is 30.3 Å². The molecule has 2 heterocycles. The van der Waals surface area contributed by atoms with Crippen LogP contribution in [0, 0.1) is 5.92 Å². The molecule has 0 unspecified atom stereocenters. The molecule has 0 radical (unpaired) electrons. The Morgan fingerprint density at radius 3 is 2.83 bits per heavy atom. The zero-order chi connectivity index (χ0) is 16.4. The predicted molar refractivity (Wildman–Crippen MR) is 88.9 cm³/mol. The van der Waals surface area contributed by atoms with Gasteiger partial charge in [-0.3, -0.25) is 4.79 Å². The molecule has 2 saturated heterocycles. The minimum absolute atomic E-state index is 0.0107. The summed E-state index contributed by atoms with van der Waals surface area (Å²) in [6.07, 6.45) is 4.57. The van der Waals surface area contributed by atoms with Crippen molar-refractivity contribution in [1.82, 2.24) is 4.90 Å². The Hall–Kier alpha value is -1.59. The van der Waals surface area contributed by atoms with E-state index in [4.69, 9.17) is 14.2 Å². The lowest BCUT2D eigenvalue weighted by molar-refractivity contribution is -0.136. The number of rotatable bonds is 6. The Bertz CT molecular complexity index is 560. The highest BCUT2D eigenvalue weighted by Crippen LogP contribution is 2.34. The Labute approximate surface area is 142 Å². The molecule has 5 nitrogen and oxygen atoms in total. The van der Waals surface area contributed by atoms with Crippen molar-refractivity contribution >= 4 is 5.91 Å². The number of fused-ring (bicyclic) bond motifs is 1. The fourth-order valence-corrected chi connectivity index (χ4v) is 3.63. The smallest absolute Gasteiger partial charge is 0.260 e. The largest absolute Gasteiger partial charge is 0.484 e. The van der Waals surface area contributed by atoms with Gasteiger partial charge >= 0.3 is 0 Å². The van der Waals surface area contributed by atoms with Crippen LogP contribution in [0.2, 0.25) is 0 Å². The van der Waals surface area contributed by atoms with Gasteiger partial charge in [0.15, 0.2) is 6.61 Å². The van der Waals surface area contributed by atoms with Crippen molar-refractivity contribution < 1.29 is 19.0 Å². The van der Waals surface area contributed by atoms with E-state index in [0.717, 1.165) is 37.7 Å². The number of para-hydroxylation sites is 1. The number of carbonyl (C=O) groups excluding carboxylic acids is 1. The van der Waals surface area contributed by atoms with Crippen LogP contribution in [-0.4, -0.2) is 55.4 Å². The lowest BCUT2D eigenvalue weighted by Gasteiger charge is -2.32. The van der Waals surface area contributed by atoms with Crippen LogP contribution in [0.5, 0.6) is 5.75 Å².